The molecule has 1 unspecified atom stereocenters. The molecule has 0 spiro atoms. The van der Waals surface area contributed by atoms with E-state index in [0.717, 1.165) is 11.3 Å². The van der Waals surface area contributed by atoms with Crippen molar-refractivity contribution in [1.29, 1.82) is 0 Å². The second kappa shape index (κ2) is 7.49. The van der Waals surface area contributed by atoms with Crippen molar-refractivity contribution in [3.8, 4) is 0 Å². The van der Waals surface area contributed by atoms with Crippen LogP contribution in [0.25, 0.3) is 5.57 Å². The van der Waals surface area contributed by atoms with Crippen LogP contribution in [0, 0.1) is 12.0 Å². The fourth-order valence-corrected chi connectivity index (χ4v) is 1.32. The molecule has 0 amide bonds. The van der Waals surface area contributed by atoms with Crippen LogP contribution in [-0.2, 0) is 26.2 Å². The van der Waals surface area contributed by atoms with Crippen LogP contribution in [0.3, 0.4) is 0 Å². The average molecular weight is 323 g/mol. The molecule has 0 saturated heterocycles. The van der Waals surface area contributed by atoms with Gasteiger partial charge in [-0.3, -0.25) is 0 Å². The number of allylic oxidation sites excluding steroid dienone is 4. The van der Waals surface area contributed by atoms with Crippen molar-refractivity contribution in [2.45, 2.75) is 13.8 Å². The van der Waals surface area contributed by atoms with Gasteiger partial charge in [-0.1, -0.05) is 25.8 Å². The topological polar surface area (TPSA) is 13.1 Å². The van der Waals surface area contributed by atoms with E-state index >= 15 is 0 Å². The Morgan fingerprint density at radius 2 is 2.00 bits per heavy atom. The van der Waals surface area contributed by atoms with Crippen LogP contribution in [-0.4, -0.2) is 0 Å². The molecule has 1 aliphatic rings. The van der Waals surface area contributed by atoms with Gasteiger partial charge in [0.25, 0.3) is 0 Å². The number of hydrogen-bond donors (Lipinski definition) is 0. The molecule has 0 aromatic carbocycles. The van der Waals surface area contributed by atoms with Gasteiger partial charge in [0, 0.05) is 32.0 Å². The summed E-state index contributed by atoms with van der Waals surface area (Å²) in [4.78, 5) is 0. The van der Waals surface area contributed by atoms with E-state index in [-0.39, 0.29) is 51.0 Å². The normalized spacial score (nSPS) is 17.9. The number of furan rings is 1. The van der Waals surface area contributed by atoms with Gasteiger partial charge in [0.1, 0.15) is 0 Å². The maximum Gasteiger partial charge on any atom is 0.0725 e. The molecule has 1 atom stereocenters. The van der Waals surface area contributed by atoms with Crippen molar-refractivity contribution in [2.24, 2.45) is 5.92 Å². The first-order valence-corrected chi connectivity index (χ1v) is 4.13. The van der Waals surface area contributed by atoms with E-state index in [1.165, 1.54) is 5.57 Å². The maximum absolute atomic E-state index is 5.27. The van der Waals surface area contributed by atoms with Gasteiger partial charge in [-0.2, -0.15) is 17.7 Å². The summed E-state index contributed by atoms with van der Waals surface area (Å²) in [5, 5.41) is 0. The van der Waals surface area contributed by atoms with Crippen LogP contribution in [0.2, 0.25) is 0 Å². The maximum atomic E-state index is 5.27. The van der Waals surface area contributed by atoms with E-state index < -0.39 is 0 Å². The van der Waals surface area contributed by atoms with Gasteiger partial charge in [-0.25, -0.2) is 0 Å². The molecule has 0 bridgehead atoms. The van der Waals surface area contributed by atoms with E-state index in [9.17, 15) is 0 Å². The molecule has 15 heavy (non-hydrogen) atoms. The summed E-state index contributed by atoms with van der Waals surface area (Å²) in [5.74, 6) is 1.35. The Morgan fingerprint density at radius 3 is 2.40 bits per heavy atom. The van der Waals surface area contributed by atoms with E-state index in [0.29, 0.717) is 5.92 Å². The Kier molecular flexibility index (Phi) is 8.79. The molecule has 2 rings (SSSR count). The summed E-state index contributed by atoms with van der Waals surface area (Å²) >= 11 is 0. The molecule has 1 aromatic heterocycles. The van der Waals surface area contributed by atoms with Crippen molar-refractivity contribution in [3.05, 3.63) is 41.9 Å². The summed E-state index contributed by atoms with van der Waals surface area (Å²) in [6.45, 7) is 4.26. The van der Waals surface area contributed by atoms with Crippen molar-refractivity contribution < 1.29 is 30.6 Å². The molecular formula is C11H13Cl2OZr-. The Bertz CT molecular complexity index is 341. The minimum atomic E-state index is 0. The minimum Gasteiger partial charge on any atom is -0.523 e. The molecule has 1 heterocycles. The zero-order valence-electron chi connectivity index (χ0n) is 8.61. The molecule has 1 aromatic rings. The smallest absolute Gasteiger partial charge is 0.0725 e. The van der Waals surface area contributed by atoms with Crippen LogP contribution in [0.4, 0.5) is 0 Å². The fourth-order valence-electron chi connectivity index (χ4n) is 1.32. The second-order valence-corrected chi connectivity index (χ2v) is 3.15. The first-order chi connectivity index (χ1) is 5.77. The molecule has 1 aliphatic carbocycles. The van der Waals surface area contributed by atoms with Crippen LogP contribution in [0.5, 0.6) is 0 Å². The summed E-state index contributed by atoms with van der Waals surface area (Å²) in [6, 6.07) is 3.86. The second-order valence-electron chi connectivity index (χ2n) is 3.15. The minimum absolute atomic E-state index is 0. The van der Waals surface area contributed by atoms with Crippen LogP contribution in [0.15, 0.2) is 34.5 Å². The summed E-state index contributed by atoms with van der Waals surface area (Å²) in [7, 11) is 0. The summed E-state index contributed by atoms with van der Waals surface area (Å²) in [5.41, 5.74) is 2.44. The van der Waals surface area contributed by atoms with Crippen molar-refractivity contribution >= 4 is 30.4 Å². The Labute approximate surface area is 122 Å². The van der Waals surface area contributed by atoms with E-state index in [1.807, 2.05) is 12.1 Å². The SMILES string of the molecule is CC1=CC(c2ccco2)=[C-]C1C.Cl.Cl.[Zr]. The molecule has 4 heteroatoms. The molecule has 1 nitrogen and oxygen atoms in total. The zero-order chi connectivity index (χ0) is 8.55. The standard InChI is InChI=1S/C11H11O.2ClH.Zr/c1-8-6-10(7-9(8)2)11-4-3-5-12-11;;;/h3-6,9H,1-2H3;2*1H;/q-1;;;. The average Bonchev–Trinajstić information content (AvgIpc) is 2.61. The van der Waals surface area contributed by atoms with Gasteiger partial charge in [-0.15, -0.1) is 30.4 Å². The largest absolute Gasteiger partial charge is 0.523 e. The van der Waals surface area contributed by atoms with Gasteiger partial charge < -0.3 is 4.42 Å². The fraction of sp³-hybridized carbons (Fsp3) is 0.273. The summed E-state index contributed by atoms with van der Waals surface area (Å²) < 4.78 is 5.27. The predicted octanol–water partition coefficient (Wildman–Crippen LogP) is 3.90. The van der Waals surface area contributed by atoms with E-state index in [1.54, 1.807) is 6.26 Å². The first kappa shape index (κ1) is 17.6. The monoisotopic (exact) mass is 321 g/mol. The van der Waals surface area contributed by atoms with Crippen molar-refractivity contribution in [2.75, 3.05) is 0 Å². The Morgan fingerprint density at radius 1 is 1.33 bits per heavy atom. The van der Waals surface area contributed by atoms with E-state index in [2.05, 4.69) is 26.0 Å². The molecule has 0 radical (unpaired) electrons. The van der Waals surface area contributed by atoms with Gasteiger partial charge in [-0.05, 0) is 6.07 Å². The molecule has 0 fully saturated rings. The third-order valence-electron chi connectivity index (χ3n) is 2.21. The van der Waals surface area contributed by atoms with Gasteiger partial charge in [0.15, 0.2) is 0 Å². The quantitative estimate of drug-likeness (QED) is 0.714. The summed E-state index contributed by atoms with van der Waals surface area (Å²) in [6.07, 6.45) is 7.16. The predicted molar refractivity (Wildman–Crippen MR) is 62.8 cm³/mol. The zero-order valence-corrected chi connectivity index (χ0v) is 12.7. The third-order valence-corrected chi connectivity index (χ3v) is 2.21. The molecular weight excluding hydrogens is 310 g/mol. The number of rotatable bonds is 1. The molecule has 0 saturated carbocycles. The number of halogens is 2. The molecule has 0 aliphatic heterocycles. The third kappa shape index (κ3) is 3.94. The van der Waals surface area contributed by atoms with Gasteiger partial charge >= 0.3 is 0 Å². The van der Waals surface area contributed by atoms with E-state index in [4.69, 9.17) is 4.42 Å². The van der Waals surface area contributed by atoms with Gasteiger partial charge in [0.05, 0.1) is 6.26 Å². The van der Waals surface area contributed by atoms with Gasteiger partial charge in [0.2, 0.25) is 0 Å². The van der Waals surface area contributed by atoms with Crippen LogP contribution in [0.1, 0.15) is 19.6 Å². The Balaban J connectivity index is 0. The first-order valence-electron chi connectivity index (χ1n) is 4.13. The van der Waals surface area contributed by atoms with Crippen molar-refractivity contribution in [3.63, 3.8) is 0 Å². The Hall–Kier alpha value is 0.223. The van der Waals surface area contributed by atoms with Crippen molar-refractivity contribution in [1.82, 2.24) is 0 Å². The van der Waals surface area contributed by atoms with Crippen LogP contribution >= 0.6 is 24.8 Å². The molecule has 82 valence electrons. The van der Waals surface area contributed by atoms with Crippen LogP contribution < -0.4 is 0 Å². The molecule has 0 N–H and O–H groups in total. The number of hydrogen-bond acceptors (Lipinski definition) is 1.